The van der Waals surface area contributed by atoms with Crippen molar-refractivity contribution in [3.63, 3.8) is 0 Å². The molecule has 4 amide bonds. The smallest absolute Gasteiger partial charge is 0.317 e. The summed E-state index contributed by atoms with van der Waals surface area (Å²) < 4.78 is 0. The largest absolute Gasteiger partial charge is 0.348 e. The van der Waals surface area contributed by atoms with Gasteiger partial charge in [0.05, 0.1) is 5.41 Å². The van der Waals surface area contributed by atoms with Gasteiger partial charge in [0.25, 0.3) is 5.91 Å². The van der Waals surface area contributed by atoms with Crippen molar-refractivity contribution in [2.75, 3.05) is 40.3 Å². The van der Waals surface area contributed by atoms with Crippen molar-refractivity contribution in [3.05, 3.63) is 35.9 Å². The molecule has 2 heterocycles. The molecule has 7 heteroatoms. The van der Waals surface area contributed by atoms with Crippen LogP contribution in [-0.2, 0) is 4.79 Å². The summed E-state index contributed by atoms with van der Waals surface area (Å²) in [5, 5.41) is 3.14. The number of urea groups is 1. The summed E-state index contributed by atoms with van der Waals surface area (Å²) in [6.45, 7) is 1.73. The van der Waals surface area contributed by atoms with Gasteiger partial charge in [0, 0.05) is 57.8 Å². The standard InChI is InChI=1S/C22H30N4O3/c1-24(2)20(28)22-14-25(19(27)16-8-4-3-5-9-16)12-17(22)13-26(15-22)21(29)23-18-10-6-7-11-18/h3-5,8-9,17-18H,6-7,10-15H2,1-2H3,(H,23,29)/t17-,22-/m0/s1. The predicted molar refractivity (Wildman–Crippen MR) is 109 cm³/mol. The van der Waals surface area contributed by atoms with Gasteiger partial charge in [-0.05, 0) is 25.0 Å². The van der Waals surface area contributed by atoms with Crippen molar-refractivity contribution < 1.29 is 14.4 Å². The highest BCUT2D eigenvalue weighted by Gasteiger charge is 2.59. The van der Waals surface area contributed by atoms with Crippen molar-refractivity contribution in [1.82, 2.24) is 20.0 Å². The highest BCUT2D eigenvalue weighted by molar-refractivity contribution is 5.96. The van der Waals surface area contributed by atoms with Crippen molar-refractivity contribution >= 4 is 17.8 Å². The molecular formula is C22H30N4O3. The average molecular weight is 399 g/mol. The van der Waals surface area contributed by atoms with Gasteiger partial charge in [-0.15, -0.1) is 0 Å². The maximum atomic E-state index is 13.2. The normalized spacial score (nSPS) is 26.5. The van der Waals surface area contributed by atoms with Crippen molar-refractivity contribution in [1.29, 1.82) is 0 Å². The van der Waals surface area contributed by atoms with Crippen LogP contribution in [0.4, 0.5) is 4.79 Å². The number of nitrogens with one attached hydrogen (secondary N) is 1. The number of likely N-dealkylation sites (tertiary alicyclic amines) is 2. The first-order valence-electron chi connectivity index (χ1n) is 10.5. The first-order chi connectivity index (χ1) is 13.9. The third kappa shape index (κ3) is 3.58. The van der Waals surface area contributed by atoms with Crippen LogP contribution in [0.2, 0.25) is 0 Å². The van der Waals surface area contributed by atoms with E-state index in [1.165, 1.54) is 0 Å². The van der Waals surface area contributed by atoms with Crippen LogP contribution >= 0.6 is 0 Å². The number of nitrogens with zero attached hydrogens (tertiary/aromatic N) is 3. The molecular weight excluding hydrogens is 368 g/mol. The second-order valence-electron chi connectivity index (χ2n) is 8.92. The Morgan fingerprint density at radius 3 is 2.28 bits per heavy atom. The van der Waals surface area contributed by atoms with Crippen LogP contribution < -0.4 is 5.32 Å². The zero-order valence-corrected chi connectivity index (χ0v) is 17.3. The molecule has 1 saturated carbocycles. The van der Waals surface area contributed by atoms with Gasteiger partial charge in [-0.2, -0.15) is 0 Å². The Bertz CT molecular complexity index is 791. The van der Waals surface area contributed by atoms with Crippen LogP contribution in [0.5, 0.6) is 0 Å². The van der Waals surface area contributed by atoms with Gasteiger partial charge in [-0.1, -0.05) is 31.0 Å². The van der Waals surface area contributed by atoms with Gasteiger partial charge in [0.2, 0.25) is 5.91 Å². The third-order valence-electron chi connectivity index (χ3n) is 6.72. The van der Waals surface area contributed by atoms with Crippen LogP contribution in [0.1, 0.15) is 36.0 Å². The Morgan fingerprint density at radius 1 is 1.00 bits per heavy atom. The lowest BCUT2D eigenvalue weighted by Crippen LogP contribution is -2.49. The number of fused-ring (bicyclic) bond motifs is 1. The maximum Gasteiger partial charge on any atom is 0.317 e. The Labute approximate surface area is 172 Å². The Hall–Kier alpha value is -2.57. The second-order valence-corrected chi connectivity index (χ2v) is 8.92. The molecule has 0 radical (unpaired) electrons. The summed E-state index contributed by atoms with van der Waals surface area (Å²) in [6.07, 6.45) is 4.38. The number of amides is 4. The lowest BCUT2D eigenvalue weighted by Gasteiger charge is -2.31. The molecule has 1 aromatic rings. The maximum absolute atomic E-state index is 13.2. The number of benzene rings is 1. The van der Waals surface area contributed by atoms with Crippen LogP contribution in [0.15, 0.2) is 30.3 Å². The highest BCUT2D eigenvalue weighted by Crippen LogP contribution is 2.44. The topological polar surface area (TPSA) is 73.0 Å². The zero-order valence-electron chi connectivity index (χ0n) is 17.3. The van der Waals surface area contributed by atoms with Gasteiger partial charge in [-0.25, -0.2) is 4.79 Å². The predicted octanol–water partition coefficient (Wildman–Crippen LogP) is 1.80. The Morgan fingerprint density at radius 2 is 1.62 bits per heavy atom. The van der Waals surface area contributed by atoms with E-state index in [0.717, 1.165) is 25.7 Å². The highest BCUT2D eigenvalue weighted by atomic mass is 16.2. The van der Waals surface area contributed by atoms with Crippen molar-refractivity contribution in [3.8, 4) is 0 Å². The van der Waals surface area contributed by atoms with E-state index in [0.29, 0.717) is 31.7 Å². The Kier molecular flexibility index (Phi) is 5.23. The van der Waals surface area contributed by atoms with E-state index in [1.807, 2.05) is 18.2 Å². The number of hydrogen-bond acceptors (Lipinski definition) is 3. The summed E-state index contributed by atoms with van der Waals surface area (Å²) in [4.78, 5) is 44.1. The first kappa shape index (κ1) is 19.7. The average Bonchev–Trinajstić information content (AvgIpc) is 3.42. The van der Waals surface area contributed by atoms with Gasteiger partial charge in [-0.3, -0.25) is 9.59 Å². The minimum absolute atomic E-state index is 0.00188. The quantitative estimate of drug-likeness (QED) is 0.844. The molecule has 4 rings (SSSR count). The molecule has 0 aromatic heterocycles. The minimum atomic E-state index is -0.721. The Balaban J connectivity index is 1.51. The molecule has 1 aliphatic carbocycles. The van der Waals surface area contributed by atoms with E-state index < -0.39 is 5.41 Å². The number of rotatable bonds is 3. The second kappa shape index (κ2) is 7.69. The molecule has 156 valence electrons. The molecule has 2 saturated heterocycles. The SMILES string of the molecule is CN(C)C(=O)[C@@]12CN(C(=O)NC3CCCC3)C[C@@H]1CN(C(=O)c1ccccc1)C2. The number of carbonyl (C=O) groups excluding carboxylic acids is 3. The van der Waals surface area contributed by atoms with Gasteiger partial charge < -0.3 is 20.0 Å². The molecule has 0 bridgehead atoms. The first-order valence-corrected chi connectivity index (χ1v) is 10.5. The molecule has 2 atom stereocenters. The van der Waals surface area contributed by atoms with E-state index in [1.54, 1.807) is 40.9 Å². The summed E-state index contributed by atoms with van der Waals surface area (Å²) in [5.41, 5.74) is -0.0863. The molecule has 3 aliphatic rings. The summed E-state index contributed by atoms with van der Waals surface area (Å²) in [7, 11) is 3.49. The fraction of sp³-hybridized carbons (Fsp3) is 0.591. The minimum Gasteiger partial charge on any atom is -0.348 e. The van der Waals surface area contributed by atoms with Crippen LogP contribution in [0, 0.1) is 11.3 Å². The third-order valence-corrected chi connectivity index (χ3v) is 6.72. The van der Waals surface area contributed by atoms with E-state index in [-0.39, 0.29) is 29.8 Å². The van der Waals surface area contributed by atoms with E-state index in [9.17, 15) is 14.4 Å². The van der Waals surface area contributed by atoms with Crippen LogP contribution in [0.3, 0.4) is 0 Å². The molecule has 3 fully saturated rings. The fourth-order valence-corrected chi connectivity index (χ4v) is 5.22. The molecule has 7 nitrogen and oxygen atoms in total. The van der Waals surface area contributed by atoms with Gasteiger partial charge in [0.15, 0.2) is 0 Å². The summed E-state index contributed by atoms with van der Waals surface area (Å²) in [5.74, 6) is -0.0886. The van der Waals surface area contributed by atoms with Crippen molar-refractivity contribution in [2.24, 2.45) is 11.3 Å². The summed E-state index contributed by atoms with van der Waals surface area (Å²) in [6, 6.07) is 9.36. The van der Waals surface area contributed by atoms with Crippen LogP contribution in [0.25, 0.3) is 0 Å². The van der Waals surface area contributed by atoms with E-state index in [2.05, 4.69) is 5.32 Å². The molecule has 1 N–H and O–H groups in total. The molecule has 0 spiro atoms. The van der Waals surface area contributed by atoms with E-state index in [4.69, 9.17) is 0 Å². The monoisotopic (exact) mass is 398 g/mol. The van der Waals surface area contributed by atoms with E-state index >= 15 is 0 Å². The van der Waals surface area contributed by atoms with Crippen LogP contribution in [-0.4, -0.2) is 78.9 Å². The van der Waals surface area contributed by atoms with Gasteiger partial charge >= 0.3 is 6.03 Å². The molecule has 0 unspecified atom stereocenters. The molecule has 2 aliphatic heterocycles. The zero-order chi connectivity index (χ0) is 20.6. The van der Waals surface area contributed by atoms with Gasteiger partial charge in [0.1, 0.15) is 0 Å². The number of carbonyl (C=O) groups is 3. The summed E-state index contributed by atoms with van der Waals surface area (Å²) >= 11 is 0. The fourth-order valence-electron chi connectivity index (χ4n) is 5.22. The number of hydrogen-bond donors (Lipinski definition) is 1. The molecule has 29 heavy (non-hydrogen) atoms. The van der Waals surface area contributed by atoms with Crippen molar-refractivity contribution in [2.45, 2.75) is 31.7 Å². The lowest BCUT2D eigenvalue weighted by molar-refractivity contribution is -0.139. The molecule has 1 aromatic carbocycles. The lowest BCUT2D eigenvalue weighted by atomic mass is 9.80.